The Hall–Kier alpha value is -2.46. The average molecular weight is 251 g/mol. The first-order valence-corrected chi connectivity index (χ1v) is 6.06. The first-order chi connectivity index (χ1) is 9.38. The lowest BCUT2D eigenvalue weighted by molar-refractivity contribution is 0.271. The van der Waals surface area contributed by atoms with Crippen molar-refractivity contribution in [2.24, 2.45) is 0 Å². The van der Waals surface area contributed by atoms with Crippen LogP contribution in [0.5, 0.6) is 0 Å². The molecule has 0 saturated heterocycles. The van der Waals surface area contributed by atoms with E-state index in [1.54, 1.807) is 4.68 Å². The van der Waals surface area contributed by atoms with Gasteiger partial charge in [-0.15, -0.1) is 5.10 Å². The Morgan fingerprint density at radius 2 is 1.53 bits per heavy atom. The van der Waals surface area contributed by atoms with Crippen molar-refractivity contribution in [1.29, 1.82) is 0 Å². The molecule has 0 unspecified atom stereocenters. The maximum absolute atomic E-state index is 9.23. The lowest BCUT2D eigenvalue weighted by Gasteiger charge is -2.05. The molecule has 3 aromatic rings. The number of aliphatic hydroxyl groups is 1. The number of hydrogen-bond donors (Lipinski definition) is 1. The van der Waals surface area contributed by atoms with Gasteiger partial charge in [0.25, 0.3) is 0 Å². The summed E-state index contributed by atoms with van der Waals surface area (Å²) in [5.74, 6) is 1.15. The van der Waals surface area contributed by atoms with Crippen molar-refractivity contribution in [2.45, 2.75) is 6.61 Å². The number of nitrogens with zero attached hydrogens (tertiary/aromatic N) is 3. The van der Waals surface area contributed by atoms with Gasteiger partial charge in [-0.1, -0.05) is 48.5 Å². The molecule has 94 valence electrons. The van der Waals surface area contributed by atoms with Crippen LogP contribution >= 0.6 is 0 Å². The molecular weight excluding hydrogens is 238 g/mol. The minimum atomic E-state index is -0.167. The van der Waals surface area contributed by atoms with Crippen LogP contribution in [0.4, 0.5) is 0 Å². The summed E-state index contributed by atoms with van der Waals surface area (Å²) in [5.41, 5.74) is 1.90. The van der Waals surface area contributed by atoms with Crippen molar-refractivity contribution in [3.63, 3.8) is 0 Å². The fraction of sp³-hybridized carbons (Fsp3) is 0.0667. The van der Waals surface area contributed by atoms with Crippen LogP contribution in [0.2, 0.25) is 0 Å². The van der Waals surface area contributed by atoms with E-state index in [1.165, 1.54) is 0 Å². The van der Waals surface area contributed by atoms with Gasteiger partial charge in [-0.05, 0) is 12.1 Å². The third-order valence-electron chi connectivity index (χ3n) is 2.83. The average Bonchev–Trinajstić information content (AvgIpc) is 2.93. The number of rotatable bonds is 3. The Morgan fingerprint density at radius 1 is 0.895 bits per heavy atom. The van der Waals surface area contributed by atoms with Gasteiger partial charge in [0.05, 0.1) is 5.69 Å². The first kappa shape index (κ1) is 11.6. The van der Waals surface area contributed by atoms with Crippen molar-refractivity contribution in [3.05, 3.63) is 66.5 Å². The summed E-state index contributed by atoms with van der Waals surface area (Å²) in [6.07, 6.45) is 0. The zero-order valence-electron chi connectivity index (χ0n) is 10.3. The molecule has 1 heterocycles. The Bertz CT molecular complexity index is 605. The molecule has 0 radical (unpaired) electrons. The Balaban J connectivity index is 2.17. The van der Waals surface area contributed by atoms with E-state index in [9.17, 15) is 5.11 Å². The quantitative estimate of drug-likeness (QED) is 0.777. The monoisotopic (exact) mass is 251 g/mol. The van der Waals surface area contributed by atoms with E-state index in [-0.39, 0.29) is 6.61 Å². The predicted molar refractivity (Wildman–Crippen MR) is 72.7 cm³/mol. The third kappa shape index (κ3) is 2.26. The Morgan fingerprint density at radius 3 is 2.16 bits per heavy atom. The highest BCUT2D eigenvalue weighted by atomic mass is 16.3. The predicted octanol–water partition coefficient (Wildman–Crippen LogP) is 2.43. The van der Waals surface area contributed by atoms with Gasteiger partial charge in [0.2, 0.25) is 0 Å². The van der Waals surface area contributed by atoms with E-state index in [0.717, 1.165) is 17.1 Å². The van der Waals surface area contributed by atoms with Crippen LogP contribution in [-0.4, -0.2) is 19.9 Å². The van der Waals surface area contributed by atoms with E-state index in [0.29, 0.717) is 5.82 Å². The van der Waals surface area contributed by atoms with E-state index in [2.05, 4.69) is 10.1 Å². The minimum absolute atomic E-state index is 0.167. The second-order valence-corrected chi connectivity index (χ2v) is 4.12. The molecule has 4 nitrogen and oxygen atoms in total. The van der Waals surface area contributed by atoms with E-state index in [4.69, 9.17) is 0 Å². The first-order valence-electron chi connectivity index (χ1n) is 6.06. The smallest absolute Gasteiger partial charge is 0.177 e. The summed E-state index contributed by atoms with van der Waals surface area (Å²) in [5, 5.41) is 13.6. The van der Waals surface area contributed by atoms with Crippen LogP contribution < -0.4 is 0 Å². The normalized spacial score (nSPS) is 10.6. The molecular formula is C15H13N3O. The van der Waals surface area contributed by atoms with Gasteiger partial charge in [0, 0.05) is 5.56 Å². The highest BCUT2D eigenvalue weighted by Gasteiger charge is 2.12. The molecule has 0 saturated carbocycles. The number of benzene rings is 2. The second kappa shape index (κ2) is 5.04. The molecule has 2 aromatic carbocycles. The maximum Gasteiger partial charge on any atom is 0.177 e. The van der Waals surface area contributed by atoms with Crippen molar-refractivity contribution in [2.75, 3.05) is 0 Å². The van der Waals surface area contributed by atoms with Gasteiger partial charge >= 0.3 is 0 Å². The summed E-state index contributed by atoms with van der Waals surface area (Å²) < 4.78 is 1.75. The summed E-state index contributed by atoms with van der Waals surface area (Å²) in [4.78, 5) is 4.38. The van der Waals surface area contributed by atoms with Gasteiger partial charge in [-0.3, -0.25) is 0 Å². The highest BCUT2D eigenvalue weighted by Crippen LogP contribution is 2.20. The molecule has 1 aromatic heterocycles. The summed E-state index contributed by atoms with van der Waals surface area (Å²) in [7, 11) is 0. The van der Waals surface area contributed by atoms with Crippen LogP contribution in [0.15, 0.2) is 60.7 Å². The molecule has 0 fully saturated rings. The number of para-hydroxylation sites is 1. The molecule has 3 rings (SSSR count). The van der Waals surface area contributed by atoms with Gasteiger partial charge in [0.15, 0.2) is 11.6 Å². The lowest BCUT2D eigenvalue weighted by atomic mass is 10.2. The molecule has 1 N–H and O–H groups in total. The molecule has 0 aliphatic heterocycles. The summed E-state index contributed by atoms with van der Waals surface area (Å²) in [6, 6.07) is 19.6. The second-order valence-electron chi connectivity index (χ2n) is 4.12. The highest BCUT2D eigenvalue weighted by molar-refractivity contribution is 5.57. The van der Waals surface area contributed by atoms with Gasteiger partial charge in [0.1, 0.15) is 6.61 Å². The fourth-order valence-electron chi connectivity index (χ4n) is 1.95. The standard InChI is InChI=1S/C15H13N3O/c19-11-14-16-15(12-7-3-1-4-8-12)18(17-14)13-9-5-2-6-10-13/h1-10,19H,11H2. The molecule has 4 heteroatoms. The largest absolute Gasteiger partial charge is 0.388 e. The minimum Gasteiger partial charge on any atom is -0.388 e. The fourth-order valence-corrected chi connectivity index (χ4v) is 1.95. The topological polar surface area (TPSA) is 50.9 Å². The van der Waals surface area contributed by atoms with Crippen molar-refractivity contribution in [1.82, 2.24) is 14.8 Å². The summed E-state index contributed by atoms with van der Waals surface area (Å²) >= 11 is 0. The maximum atomic E-state index is 9.23. The number of aromatic nitrogens is 3. The molecule has 0 aliphatic carbocycles. The van der Waals surface area contributed by atoms with E-state index >= 15 is 0 Å². The molecule has 0 amide bonds. The van der Waals surface area contributed by atoms with Crippen LogP contribution in [0.3, 0.4) is 0 Å². The third-order valence-corrected chi connectivity index (χ3v) is 2.83. The van der Waals surface area contributed by atoms with Gasteiger partial charge in [-0.2, -0.15) is 0 Å². The Labute approximate surface area is 111 Å². The van der Waals surface area contributed by atoms with Crippen molar-refractivity contribution >= 4 is 0 Å². The lowest BCUT2D eigenvalue weighted by Crippen LogP contribution is -1.99. The zero-order valence-corrected chi connectivity index (χ0v) is 10.3. The SMILES string of the molecule is OCc1nc(-c2ccccc2)n(-c2ccccc2)n1. The Kier molecular flexibility index (Phi) is 3.08. The molecule has 0 atom stereocenters. The van der Waals surface area contributed by atoms with Crippen LogP contribution in [0, 0.1) is 0 Å². The van der Waals surface area contributed by atoms with Crippen LogP contribution in [-0.2, 0) is 6.61 Å². The van der Waals surface area contributed by atoms with E-state index in [1.807, 2.05) is 60.7 Å². The van der Waals surface area contributed by atoms with Crippen molar-refractivity contribution in [3.8, 4) is 17.1 Å². The number of aliphatic hydroxyl groups excluding tert-OH is 1. The van der Waals surface area contributed by atoms with Crippen molar-refractivity contribution < 1.29 is 5.11 Å². The molecule has 19 heavy (non-hydrogen) atoms. The van der Waals surface area contributed by atoms with Crippen LogP contribution in [0.1, 0.15) is 5.82 Å². The number of hydrogen-bond acceptors (Lipinski definition) is 3. The zero-order chi connectivity index (χ0) is 13.1. The van der Waals surface area contributed by atoms with E-state index < -0.39 is 0 Å². The van der Waals surface area contributed by atoms with Gasteiger partial charge in [-0.25, -0.2) is 9.67 Å². The summed E-state index contributed by atoms with van der Waals surface area (Å²) in [6.45, 7) is -0.167. The molecule has 0 bridgehead atoms. The molecule has 0 aliphatic rings. The molecule has 0 spiro atoms. The van der Waals surface area contributed by atoms with Gasteiger partial charge < -0.3 is 5.11 Å². The van der Waals surface area contributed by atoms with Crippen LogP contribution in [0.25, 0.3) is 17.1 Å².